The number of benzene rings is 2. The predicted octanol–water partition coefficient (Wildman–Crippen LogP) is 4.96. The zero-order chi connectivity index (χ0) is 29.8. The molecule has 40 heavy (non-hydrogen) atoms. The lowest BCUT2D eigenvalue weighted by atomic mass is 9.92. The van der Waals surface area contributed by atoms with Crippen LogP contribution in [0.2, 0.25) is 5.02 Å². The lowest BCUT2D eigenvalue weighted by molar-refractivity contribution is -0.138. The van der Waals surface area contributed by atoms with Crippen molar-refractivity contribution in [1.29, 1.82) is 0 Å². The largest absolute Gasteiger partial charge is 0.350 e. The minimum atomic E-state index is -0.606. The van der Waals surface area contributed by atoms with Crippen LogP contribution in [0, 0.1) is 11.2 Å². The molecule has 0 saturated carbocycles. The molecule has 2 aromatic carbocycles. The summed E-state index contributed by atoms with van der Waals surface area (Å²) in [6.45, 7) is 10.3. The van der Waals surface area contributed by atoms with Gasteiger partial charge in [-0.1, -0.05) is 44.5 Å². The summed E-state index contributed by atoms with van der Waals surface area (Å²) in [5, 5.41) is 10.3. The maximum Gasteiger partial charge on any atom is 0.245 e. The van der Waals surface area contributed by atoms with Crippen LogP contribution in [0.15, 0.2) is 36.4 Å². The summed E-state index contributed by atoms with van der Waals surface area (Å²) in [4.78, 5) is 52.1. The molecule has 0 fully saturated rings. The molecule has 1 heterocycles. The Kier molecular flexibility index (Phi) is 9.68. The molecule has 11 heteroatoms. The highest BCUT2D eigenvalue weighted by molar-refractivity contribution is 6.30. The van der Waals surface area contributed by atoms with E-state index >= 15 is 0 Å². The molecule has 0 saturated heterocycles. The number of carbonyl (C=O) groups is 4. The van der Waals surface area contributed by atoms with Gasteiger partial charge in [-0.05, 0) is 43.5 Å². The van der Waals surface area contributed by atoms with Gasteiger partial charge in [-0.15, -0.1) is 0 Å². The van der Waals surface area contributed by atoms with Crippen LogP contribution in [0.5, 0.6) is 0 Å². The number of hydrogen-bond acceptors (Lipinski definition) is 5. The van der Waals surface area contributed by atoms with Gasteiger partial charge in [0.15, 0.2) is 5.78 Å². The highest BCUT2D eigenvalue weighted by Gasteiger charge is 2.24. The molecule has 214 valence electrons. The molecule has 0 aliphatic carbocycles. The molecule has 1 aromatic heterocycles. The number of halogens is 2. The highest BCUT2D eigenvalue weighted by atomic mass is 35.5. The molecule has 0 bridgehead atoms. The first-order chi connectivity index (χ1) is 18.7. The van der Waals surface area contributed by atoms with Gasteiger partial charge < -0.3 is 15.5 Å². The van der Waals surface area contributed by atoms with Crippen LogP contribution in [0.25, 0.3) is 10.9 Å². The maximum atomic E-state index is 14.2. The van der Waals surface area contributed by atoms with E-state index in [-0.39, 0.29) is 65.0 Å². The van der Waals surface area contributed by atoms with Crippen molar-refractivity contribution in [3.8, 4) is 0 Å². The molecule has 3 aromatic rings. The van der Waals surface area contributed by atoms with Crippen LogP contribution in [0.4, 0.5) is 10.1 Å². The van der Waals surface area contributed by atoms with E-state index in [1.807, 2.05) is 20.8 Å². The van der Waals surface area contributed by atoms with Crippen molar-refractivity contribution in [3.63, 3.8) is 0 Å². The Labute approximate surface area is 238 Å². The zero-order valence-corrected chi connectivity index (χ0v) is 24.4. The Hall–Kier alpha value is -3.79. The number of nitrogens with zero attached hydrogens (tertiary/aromatic N) is 3. The van der Waals surface area contributed by atoms with E-state index in [1.165, 1.54) is 28.6 Å². The van der Waals surface area contributed by atoms with Crippen LogP contribution in [0.3, 0.4) is 0 Å². The SMILES string of the molecule is CC(=O)c1nn(CC(=O)N(CC(=O)NCc2cccc(Cl)c2F)C(C)C)c2ccc(NC(=O)CC(C)(C)C)cc12. The fraction of sp³-hybridized carbons (Fsp3) is 0.414. The third-order valence-corrected chi connectivity index (χ3v) is 6.40. The molecular weight excluding hydrogens is 537 g/mol. The third kappa shape index (κ3) is 7.88. The molecular formula is C29H35ClFN5O4. The molecule has 0 unspecified atom stereocenters. The van der Waals surface area contributed by atoms with Gasteiger partial charge in [-0.2, -0.15) is 5.10 Å². The first-order valence-electron chi connectivity index (χ1n) is 13.0. The van der Waals surface area contributed by atoms with Gasteiger partial charge in [0.05, 0.1) is 17.1 Å². The molecule has 0 spiro atoms. The number of carbonyl (C=O) groups excluding carboxylic acids is 4. The zero-order valence-electron chi connectivity index (χ0n) is 23.6. The second-order valence-corrected chi connectivity index (χ2v) is 11.6. The van der Waals surface area contributed by atoms with E-state index in [1.54, 1.807) is 38.1 Å². The van der Waals surface area contributed by atoms with Gasteiger partial charge in [-0.25, -0.2) is 4.39 Å². The standard InChI is InChI=1S/C29H35ClFN5O4/c1-17(2)35(15-25(39)32-14-19-8-7-9-22(30)27(19)31)26(40)16-36-23-11-10-20(33-24(38)13-29(4,5)6)12-21(23)28(34-36)18(3)37/h7-12,17H,13-16H2,1-6H3,(H,32,39)(H,33,38). The molecule has 9 nitrogen and oxygen atoms in total. The van der Waals surface area contributed by atoms with Crippen LogP contribution in [0.1, 0.15) is 64.0 Å². The fourth-order valence-electron chi connectivity index (χ4n) is 4.19. The average Bonchev–Trinajstić information content (AvgIpc) is 3.19. The Balaban J connectivity index is 1.76. The smallest absolute Gasteiger partial charge is 0.245 e. The van der Waals surface area contributed by atoms with E-state index < -0.39 is 11.7 Å². The van der Waals surface area contributed by atoms with Crippen molar-refractivity contribution in [2.24, 2.45) is 5.41 Å². The third-order valence-electron chi connectivity index (χ3n) is 6.11. The van der Waals surface area contributed by atoms with E-state index in [0.717, 1.165) is 0 Å². The Bertz CT molecular complexity index is 1440. The fourth-order valence-corrected chi connectivity index (χ4v) is 4.39. The molecule has 2 N–H and O–H groups in total. The minimum Gasteiger partial charge on any atom is -0.350 e. The van der Waals surface area contributed by atoms with Gasteiger partial charge in [-0.3, -0.25) is 23.9 Å². The summed E-state index contributed by atoms with van der Waals surface area (Å²) in [5.41, 5.74) is 1.28. The molecule has 0 radical (unpaired) electrons. The quantitative estimate of drug-likeness (QED) is 0.334. The van der Waals surface area contributed by atoms with E-state index in [9.17, 15) is 23.6 Å². The number of Topliss-reactive ketones (excluding diaryl/α,β-unsaturated/α-hetero) is 1. The van der Waals surface area contributed by atoms with Gasteiger partial charge in [0.2, 0.25) is 17.7 Å². The van der Waals surface area contributed by atoms with Crippen LogP contribution in [-0.4, -0.2) is 50.8 Å². The van der Waals surface area contributed by atoms with Crippen LogP contribution < -0.4 is 10.6 Å². The number of anilines is 1. The monoisotopic (exact) mass is 571 g/mol. The Morgan fingerprint density at radius 1 is 1.10 bits per heavy atom. The van der Waals surface area contributed by atoms with Gasteiger partial charge in [0, 0.05) is 42.6 Å². The van der Waals surface area contributed by atoms with E-state index in [4.69, 9.17) is 11.6 Å². The van der Waals surface area contributed by atoms with Crippen molar-refractivity contribution in [3.05, 3.63) is 58.5 Å². The Morgan fingerprint density at radius 3 is 2.42 bits per heavy atom. The average molecular weight is 572 g/mol. The van der Waals surface area contributed by atoms with Crippen molar-refractivity contribution in [2.45, 2.75) is 67.1 Å². The molecule has 0 aliphatic rings. The predicted molar refractivity (Wildman–Crippen MR) is 153 cm³/mol. The lowest BCUT2D eigenvalue weighted by Gasteiger charge is -2.26. The number of rotatable bonds is 10. The number of fused-ring (bicyclic) bond motifs is 1. The summed E-state index contributed by atoms with van der Waals surface area (Å²) in [6.07, 6.45) is 0.324. The van der Waals surface area contributed by atoms with Crippen LogP contribution >= 0.6 is 11.6 Å². The normalized spacial score (nSPS) is 11.5. The summed E-state index contributed by atoms with van der Waals surface area (Å²) < 4.78 is 15.6. The second kappa shape index (κ2) is 12.6. The summed E-state index contributed by atoms with van der Waals surface area (Å²) in [5.74, 6) is -1.90. The minimum absolute atomic E-state index is 0.0403. The summed E-state index contributed by atoms with van der Waals surface area (Å²) >= 11 is 5.80. The van der Waals surface area contributed by atoms with Gasteiger partial charge in [0.25, 0.3) is 0 Å². The van der Waals surface area contributed by atoms with Gasteiger partial charge in [0.1, 0.15) is 18.1 Å². The number of aromatic nitrogens is 2. The van der Waals surface area contributed by atoms with Crippen molar-refractivity contribution < 1.29 is 23.6 Å². The second-order valence-electron chi connectivity index (χ2n) is 11.2. The first-order valence-corrected chi connectivity index (χ1v) is 13.3. The van der Waals surface area contributed by atoms with Crippen LogP contribution in [-0.2, 0) is 27.5 Å². The highest BCUT2D eigenvalue weighted by Crippen LogP contribution is 2.25. The molecule has 3 rings (SSSR count). The molecule has 0 aliphatic heterocycles. The lowest BCUT2D eigenvalue weighted by Crippen LogP contribution is -2.45. The van der Waals surface area contributed by atoms with Crippen molar-refractivity contribution in [1.82, 2.24) is 20.0 Å². The number of amides is 3. The van der Waals surface area contributed by atoms with E-state index in [0.29, 0.717) is 23.0 Å². The summed E-state index contributed by atoms with van der Waals surface area (Å²) in [6, 6.07) is 9.26. The maximum absolute atomic E-state index is 14.2. The summed E-state index contributed by atoms with van der Waals surface area (Å²) in [7, 11) is 0. The van der Waals surface area contributed by atoms with Gasteiger partial charge >= 0.3 is 0 Å². The number of hydrogen-bond donors (Lipinski definition) is 2. The molecule has 3 amide bonds. The Morgan fingerprint density at radius 2 is 1.80 bits per heavy atom. The number of nitrogens with one attached hydrogen (secondary N) is 2. The number of ketones is 1. The van der Waals surface area contributed by atoms with Crippen molar-refractivity contribution in [2.75, 3.05) is 11.9 Å². The van der Waals surface area contributed by atoms with E-state index in [2.05, 4.69) is 15.7 Å². The topological polar surface area (TPSA) is 113 Å². The molecule has 0 atom stereocenters. The van der Waals surface area contributed by atoms with Crippen molar-refractivity contribution >= 4 is 51.7 Å². The first kappa shape index (κ1) is 30.7.